The average Bonchev–Trinajstić information content (AvgIpc) is 1.67. The molecule has 0 aromatic heterocycles. The van der Waals surface area contributed by atoms with E-state index in [2.05, 4.69) is 15.5 Å². The molecule has 0 spiro atoms. The summed E-state index contributed by atoms with van der Waals surface area (Å²) in [7, 11) is -1.12. The van der Waals surface area contributed by atoms with Crippen molar-refractivity contribution in [2.75, 3.05) is 6.61 Å². The van der Waals surface area contributed by atoms with E-state index in [0.717, 1.165) is 0 Å². The van der Waals surface area contributed by atoms with Crippen LogP contribution in [0.25, 0.3) is 0 Å². The topological polar surface area (TPSA) is 52.6 Å². The molecule has 0 saturated carbocycles. The van der Waals surface area contributed by atoms with Crippen LogP contribution in [0, 0.1) is 7.11 Å². The Morgan fingerprint density at radius 1 is 1.56 bits per heavy atom. The molecular weight excluding hydrogens is 155 g/mol. The third-order valence-electron chi connectivity index (χ3n) is 0.407. The van der Waals surface area contributed by atoms with E-state index < -0.39 is 10.4 Å². The third kappa shape index (κ3) is 6.76. The van der Waals surface area contributed by atoms with Gasteiger partial charge in [0.25, 0.3) is 0 Å². The van der Waals surface area contributed by atoms with Gasteiger partial charge in [0, 0.05) is 0 Å². The first kappa shape index (κ1) is 12.5. The van der Waals surface area contributed by atoms with E-state index in [4.69, 9.17) is 0 Å². The largest absolute Gasteiger partial charge is 1.00 e. The molecule has 0 atom stereocenters. The Morgan fingerprint density at radius 3 is 2.11 bits per heavy atom. The minimum atomic E-state index is -3.78. The quantitative estimate of drug-likeness (QED) is 0.329. The van der Waals surface area contributed by atoms with Crippen LogP contribution in [0.1, 0.15) is 6.92 Å². The van der Waals surface area contributed by atoms with Gasteiger partial charge in [0.2, 0.25) is 0 Å². The normalized spacial score (nSPS) is 10.4. The van der Waals surface area contributed by atoms with Crippen molar-refractivity contribution in [1.29, 1.82) is 0 Å². The zero-order valence-electron chi connectivity index (χ0n) is 5.46. The molecule has 0 bridgehead atoms. The van der Waals surface area contributed by atoms with Gasteiger partial charge in [0.1, 0.15) is 0 Å². The Balaban J connectivity index is 0. The molecule has 0 amide bonds. The molecule has 0 aromatic carbocycles. The Hall–Kier alpha value is 0.870. The molecule has 0 radical (unpaired) electrons. The summed E-state index contributed by atoms with van der Waals surface area (Å²) in [4.78, 5) is 0. The van der Waals surface area contributed by atoms with Crippen molar-refractivity contribution in [3.8, 4) is 0 Å². The summed E-state index contributed by atoms with van der Waals surface area (Å²) in [5, 5.41) is 0. The Morgan fingerprint density at radius 2 is 2.00 bits per heavy atom. The molecule has 0 aromatic rings. The van der Waals surface area contributed by atoms with Crippen LogP contribution in [0.4, 0.5) is 0 Å². The van der Waals surface area contributed by atoms with Gasteiger partial charge >= 0.3 is 40.0 Å². The summed E-state index contributed by atoms with van der Waals surface area (Å²) in [6.45, 7) is 1.61. The van der Waals surface area contributed by atoms with Gasteiger partial charge in [0.15, 0.2) is 0 Å². The van der Waals surface area contributed by atoms with Crippen molar-refractivity contribution < 1.29 is 46.3 Å². The second-order valence-electron chi connectivity index (χ2n) is 0.933. The van der Waals surface area contributed by atoms with E-state index in [-0.39, 0.29) is 36.2 Å². The number of rotatable bonds is 3. The molecule has 0 aliphatic carbocycles. The minimum absolute atomic E-state index is 0. The van der Waals surface area contributed by atoms with E-state index in [9.17, 15) is 8.42 Å². The minimum Gasteiger partial charge on any atom is -0.428 e. The van der Waals surface area contributed by atoms with Gasteiger partial charge in [-0.15, -0.1) is 0 Å². The Labute approximate surface area is 77.2 Å². The van der Waals surface area contributed by atoms with Crippen molar-refractivity contribution in [1.82, 2.24) is 0 Å². The predicted molar refractivity (Wildman–Crippen MR) is 27.0 cm³/mol. The first-order chi connectivity index (χ1) is 3.62. The summed E-state index contributed by atoms with van der Waals surface area (Å²) in [5.41, 5.74) is 0. The third-order valence-corrected chi connectivity index (χ3v) is 1.22. The summed E-state index contributed by atoms with van der Waals surface area (Å²) in [5.74, 6) is 0. The number of hydrogen-bond acceptors (Lipinski definition) is 4. The van der Waals surface area contributed by atoms with Crippen LogP contribution in [-0.2, 0) is 18.8 Å². The monoisotopic (exact) mass is 162 g/mol. The second-order valence-corrected chi connectivity index (χ2v) is 2.22. The van der Waals surface area contributed by atoms with E-state index in [1.165, 1.54) is 6.92 Å². The fourth-order valence-corrected chi connectivity index (χ4v) is 0.535. The summed E-state index contributed by atoms with van der Waals surface area (Å²) < 4.78 is 27.9. The number of hydrogen-bond donors (Lipinski definition) is 0. The smallest absolute Gasteiger partial charge is 0.428 e. The SMILES string of the molecule is [CH2-]OS(=O)(=O)OCC.[Na+]. The van der Waals surface area contributed by atoms with Crippen LogP contribution in [0.3, 0.4) is 0 Å². The van der Waals surface area contributed by atoms with Gasteiger partial charge in [-0.25, -0.2) is 7.11 Å². The average molecular weight is 162 g/mol. The fraction of sp³-hybridized carbons (Fsp3) is 0.667. The standard InChI is InChI=1S/C3H7O4S.Na/c1-3-7-8(4,5)6-2;/h2-3H2,1H3;/q-1;+1. The molecule has 4 nitrogen and oxygen atoms in total. The molecule has 0 N–H and O–H groups in total. The predicted octanol–water partition coefficient (Wildman–Crippen LogP) is -2.92. The van der Waals surface area contributed by atoms with Gasteiger partial charge in [-0.3, -0.25) is 4.18 Å². The molecule has 0 unspecified atom stereocenters. The fourth-order valence-electron chi connectivity index (χ4n) is 0.178. The van der Waals surface area contributed by atoms with Gasteiger partial charge in [0.05, 0.1) is 6.61 Å². The van der Waals surface area contributed by atoms with Gasteiger partial charge in [-0.05, 0) is 6.92 Å². The molecule has 6 heteroatoms. The Kier molecular flexibility index (Phi) is 7.86. The van der Waals surface area contributed by atoms with E-state index in [1.54, 1.807) is 0 Å². The van der Waals surface area contributed by atoms with Crippen LogP contribution >= 0.6 is 0 Å². The summed E-state index contributed by atoms with van der Waals surface area (Å²) in [6, 6.07) is 0. The van der Waals surface area contributed by atoms with Crippen LogP contribution in [0.5, 0.6) is 0 Å². The summed E-state index contributed by atoms with van der Waals surface area (Å²) >= 11 is 0. The molecule has 50 valence electrons. The van der Waals surface area contributed by atoms with Crippen molar-refractivity contribution in [2.24, 2.45) is 0 Å². The van der Waals surface area contributed by atoms with Crippen LogP contribution in [0.2, 0.25) is 0 Å². The van der Waals surface area contributed by atoms with Crippen LogP contribution < -0.4 is 29.6 Å². The molecule has 0 fully saturated rings. The zero-order chi connectivity index (χ0) is 6.62. The van der Waals surface area contributed by atoms with E-state index >= 15 is 0 Å². The van der Waals surface area contributed by atoms with E-state index in [0.29, 0.717) is 0 Å². The maximum atomic E-state index is 10.1. The maximum absolute atomic E-state index is 10.1. The van der Waals surface area contributed by atoms with Crippen molar-refractivity contribution in [3.63, 3.8) is 0 Å². The van der Waals surface area contributed by atoms with Gasteiger partial charge < -0.3 is 4.18 Å². The second kappa shape index (κ2) is 5.64. The molecule has 0 aliphatic rings. The molecule has 0 saturated heterocycles. The molecular formula is C3H7NaO4S. The summed E-state index contributed by atoms with van der Waals surface area (Å²) in [6.07, 6.45) is 0. The first-order valence-corrected chi connectivity index (χ1v) is 3.28. The van der Waals surface area contributed by atoms with E-state index in [1.807, 2.05) is 0 Å². The van der Waals surface area contributed by atoms with Crippen LogP contribution in [0.15, 0.2) is 0 Å². The van der Waals surface area contributed by atoms with Gasteiger partial charge in [-0.2, -0.15) is 8.42 Å². The maximum Gasteiger partial charge on any atom is 1.00 e. The van der Waals surface area contributed by atoms with Crippen molar-refractivity contribution in [2.45, 2.75) is 6.92 Å². The van der Waals surface area contributed by atoms with Crippen molar-refractivity contribution >= 4 is 10.4 Å². The van der Waals surface area contributed by atoms with Crippen LogP contribution in [-0.4, -0.2) is 15.0 Å². The zero-order valence-corrected chi connectivity index (χ0v) is 8.27. The molecule has 0 rings (SSSR count). The van der Waals surface area contributed by atoms with Gasteiger partial charge in [-0.1, -0.05) is 0 Å². The van der Waals surface area contributed by atoms with Crippen molar-refractivity contribution in [3.05, 3.63) is 7.11 Å². The first-order valence-electron chi connectivity index (χ1n) is 1.95. The molecule has 0 heterocycles. The molecule has 0 aliphatic heterocycles. The Bertz CT molecular complexity index is 140. The molecule has 9 heavy (non-hydrogen) atoms.